The SMILES string of the molecule is Cc1ccc([N+](=O)[O-])cc1S(=O)(=O)N1CC(CO)C1. The van der Waals surface area contributed by atoms with Gasteiger partial charge < -0.3 is 5.11 Å². The molecule has 0 aliphatic carbocycles. The standard InChI is InChI=1S/C11H14N2O5S/c1-8-2-3-10(13(15)16)4-11(8)19(17,18)12-5-9(6-12)7-14/h2-4,9,14H,5-7H2,1H3. The van der Waals surface area contributed by atoms with Gasteiger partial charge in [0.1, 0.15) is 0 Å². The normalized spacial score (nSPS) is 17.2. The Labute approximate surface area is 110 Å². The largest absolute Gasteiger partial charge is 0.396 e. The van der Waals surface area contributed by atoms with Crippen molar-refractivity contribution in [3.05, 3.63) is 33.9 Å². The number of rotatable bonds is 4. The number of sulfonamides is 1. The molecular weight excluding hydrogens is 272 g/mol. The fraction of sp³-hybridized carbons (Fsp3) is 0.455. The van der Waals surface area contributed by atoms with E-state index >= 15 is 0 Å². The molecule has 0 unspecified atom stereocenters. The summed E-state index contributed by atoms with van der Waals surface area (Å²) in [4.78, 5) is 10.0. The Morgan fingerprint density at radius 1 is 1.47 bits per heavy atom. The summed E-state index contributed by atoms with van der Waals surface area (Å²) in [6.07, 6.45) is 0. The van der Waals surface area contributed by atoms with Gasteiger partial charge in [0.25, 0.3) is 5.69 Å². The summed E-state index contributed by atoms with van der Waals surface area (Å²) in [7, 11) is -3.71. The minimum Gasteiger partial charge on any atom is -0.396 e. The molecule has 7 nitrogen and oxygen atoms in total. The lowest BCUT2D eigenvalue weighted by Gasteiger charge is -2.37. The van der Waals surface area contributed by atoms with Crippen molar-refractivity contribution in [2.45, 2.75) is 11.8 Å². The summed E-state index contributed by atoms with van der Waals surface area (Å²) in [6.45, 7) is 2.04. The van der Waals surface area contributed by atoms with Crippen molar-refractivity contribution in [1.29, 1.82) is 0 Å². The highest BCUT2D eigenvalue weighted by molar-refractivity contribution is 7.89. The molecule has 104 valence electrons. The van der Waals surface area contributed by atoms with E-state index in [2.05, 4.69) is 0 Å². The van der Waals surface area contributed by atoms with Gasteiger partial charge >= 0.3 is 0 Å². The summed E-state index contributed by atoms with van der Waals surface area (Å²) >= 11 is 0. The molecule has 1 aliphatic heterocycles. The van der Waals surface area contributed by atoms with Crippen LogP contribution in [0.1, 0.15) is 5.56 Å². The van der Waals surface area contributed by atoms with Crippen LogP contribution in [-0.2, 0) is 10.0 Å². The highest BCUT2D eigenvalue weighted by Gasteiger charge is 2.37. The smallest absolute Gasteiger partial charge is 0.270 e. The minimum atomic E-state index is -3.71. The Hall–Kier alpha value is -1.51. The molecule has 0 atom stereocenters. The van der Waals surface area contributed by atoms with Crippen molar-refractivity contribution in [3.8, 4) is 0 Å². The third-order valence-corrected chi connectivity index (χ3v) is 5.16. The maximum atomic E-state index is 12.3. The zero-order valence-electron chi connectivity index (χ0n) is 10.3. The average molecular weight is 286 g/mol. The van der Waals surface area contributed by atoms with E-state index in [1.807, 2.05) is 0 Å². The first-order valence-electron chi connectivity index (χ1n) is 5.72. The molecule has 8 heteroatoms. The van der Waals surface area contributed by atoms with Gasteiger partial charge in [-0.3, -0.25) is 10.1 Å². The van der Waals surface area contributed by atoms with Gasteiger partial charge in [-0.25, -0.2) is 8.42 Å². The highest BCUT2D eigenvalue weighted by atomic mass is 32.2. The van der Waals surface area contributed by atoms with Crippen LogP contribution < -0.4 is 0 Å². The zero-order valence-corrected chi connectivity index (χ0v) is 11.1. The Kier molecular flexibility index (Phi) is 3.57. The molecular formula is C11H14N2O5S. The van der Waals surface area contributed by atoms with Crippen molar-refractivity contribution < 1.29 is 18.4 Å². The summed E-state index contributed by atoms with van der Waals surface area (Å²) < 4.78 is 25.8. The number of benzene rings is 1. The molecule has 1 saturated heterocycles. The van der Waals surface area contributed by atoms with Crippen LogP contribution >= 0.6 is 0 Å². The maximum absolute atomic E-state index is 12.3. The van der Waals surface area contributed by atoms with E-state index < -0.39 is 14.9 Å². The Morgan fingerprint density at radius 2 is 2.11 bits per heavy atom. The topological polar surface area (TPSA) is 101 Å². The lowest BCUT2D eigenvalue weighted by atomic mass is 10.1. The van der Waals surface area contributed by atoms with Crippen LogP contribution in [0.4, 0.5) is 5.69 Å². The third-order valence-electron chi connectivity index (χ3n) is 3.18. The van der Waals surface area contributed by atoms with Crippen LogP contribution in [0.25, 0.3) is 0 Å². The Bertz CT molecular complexity index is 608. The Balaban J connectivity index is 2.35. The van der Waals surface area contributed by atoms with Crippen LogP contribution in [0.15, 0.2) is 23.1 Å². The predicted octanol–water partition coefficient (Wildman–Crippen LogP) is 0.516. The lowest BCUT2D eigenvalue weighted by molar-refractivity contribution is -0.385. The maximum Gasteiger partial charge on any atom is 0.270 e. The second-order valence-electron chi connectivity index (χ2n) is 4.58. The van der Waals surface area contributed by atoms with E-state index in [0.717, 1.165) is 6.07 Å². The van der Waals surface area contributed by atoms with E-state index in [0.29, 0.717) is 5.56 Å². The molecule has 1 N–H and O–H groups in total. The number of aliphatic hydroxyl groups is 1. The molecule has 0 spiro atoms. The number of hydrogen-bond donors (Lipinski definition) is 1. The molecule has 2 rings (SSSR count). The predicted molar refractivity (Wildman–Crippen MR) is 67.2 cm³/mol. The molecule has 1 aliphatic rings. The molecule has 1 fully saturated rings. The van der Waals surface area contributed by atoms with Gasteiger partial charge in [-0.15, -0.1) is 0 Å². The first-order valence-corrected chi connectivity index (χ1v) is 7.16. The number of nitrogens with zero attached hydrogens (tertiary/aromatic N) is 2. The molecule has 1 aromatic rings. The van der Waals surface area contributed by atoms with Gasteiger partial charge in [0.05, 0.1) is 9.82 Å². The summed E-state index contributed by atoms with van der Waals surface area (Å²) in [5, 5.41) is 19.6. The number of hydrogen-bond acceptors (Lipinski definition) is 5. The second-order valence-corrected chi connectivity index (χ2v) is 6.48. The van der Waals surface area contributed by atoms with Crippen LogP contribution in [0.2, 0.25) is 0 Å². The number of aryl methyl sites for hydroxylation is 1. The molecule has 0 saturated carbocycles. The van der Waals surface area contributed by atoms with Crippen LogP contribution in [-0.4, -0.2) is 42.4 Å². The molecule has 0 aromatic heterocycles. The molecule has 0 bridgehead atoms. The van der Waals surface area contributed by atoms with Crippen LogP contribution in [0.5, 0.6) is 0 Å². The number of nitro groups is 1. The monoisotopic (exact) mass is 286 g/mol. The third kappa shape index (κ3) is 2.46. The minimum absolute atomic E-state index is 0.0434. The second kappa shape index (κ2) is 4.87. The van der Waals surface area contributed by atoms with Crippen molar-refractivity contribution in [1.82, 2.24) is 4.31 Å². The van der Waals surface area contributed by atoms with Gasteiger partial charge in [0.2, 0.25) is 10.0 Å². The Morgan fingerprint density at radius 3 is 2.63 bits per heavy atom. The molecule has 19 heavy (non-hydrogen) atoms. The summed E-state index contributed by atoms with van der Waals surface area (Å²) in [5.74, 6) is -0.0474. The summed E-state index contributed by atoms with van der Waals surface area (Å²) in [5.41, 5.74) is 0.224. The first kappa shape index (κ1) is 13.9. The van der Waals surface area contributed by atoms with E-state index in [4.69, 9.17) is 5.11 Å². The number of aliphatic hydroxyl groups excluding tert-OH is 1. The quantitative estimate of drug-likeness (QED) is 0.642. The zero-order chi connectivity index (χ0) is 14.2. The van der Waals surface area contributed by atoms with Gasteiger partial charge in [0, 0.05) is 37.7 Å². The van der Waals surface area contributed by atoms with Gasteiger partial charge in [-0.1, -0.05) is 6.07 Å². The molecule has 0 amide bonds. The average Bonchev–Trinajstić information content (AvgIpc) is 2.27. The first-order chi connectivity index (χ1) is 8.86. The van der Waals surface area contributed by atoms with E-state index in [9.17, 15) is 18.5 Å². The van der Waals surface area contributed by atoms with Gasteiger partial charge in [-0.2, -0.15) is 4.31 Å². The molecule has 1 heterocycles. The molecule has 0 radical (unpaired) electrons. The fourth-order valence-corrected chi connectivity index (χ4v) is 3.79. The van der Waals surface area contributed by atoms with Crippen molar-refractivity contribution >= 4 is 15.7 Å². The van der Waals surface area contributed by atoms with Gasteiger partial charge in [0.15, 0.2) is 0 Å². The van der Waals surface area contributed by atoms with Crippen LogP contribution in [0.3, 0.4) is 0 Å². The number of non-ortho nitro benzene ring substituents is 1. The van der Waals surface area contributed by atoms with Crippen molar-refractivity contribution in [3.63, 3.8) is 0 Å². The number of nitro benzene ring substituents is 1. The van der Waals surface area contributed by atoms with Crippen LogP contribution in [0, 0.1) is 23.0 Å². The van der Waals surface area contributed by atoms with E-state index in [1.165, 1.54) is 16.4 Å². The summed E-state index contributed by atoms with van der Waals surface area (Å²) in [6, 6.07) is 3.78. The fourth-order valence-electron chi connectivity index (χ4n) is 1.95. The highest BCUT2D eigenvalue weighted by Crippen LogP contribution is 2.29. The van der Waals surface area contributed by atoms with E-state index in [-0.39, 0.29) is 36.2 Å². The molecule has 1 aromatic carbocycles. The van der Waals surface area contributed by atoms with E-state index in [1.54, 1.807) is 6.92 Å². The van der Waals surface area contributed by atoms with Gasteiger partial charge in [-0.05, 0) is 12.5 Å². The van der Waals surface area contributed by atoms with Crippen molar-refractivity contribution in [2.24, 2.45) is 5.92 Å². The lowest BCUT2D eigenvalue weighted by Crippen LogP contribution is -2.51. The van der Waals surface area contributed by atoms with Crippen molar-refractivity contribution in [2.75, 3.05) is 19.7 Å².